The normalized spacial score (nSPS) is 17.2. The molecule has 4 rings (SSSR count). The summed E-state index contributed by atoms with van der Waals surface area (Å²) in [7, 11) is 5.22. The molecule has 1 fully saturated rings. The van der Waals surface area contributed by atoms with E-state index in [1.807, 2.05) is 32.8 Å². The third-order valence-electron chi connectivity index (χ3n) is 6.75. The lowest BCUT2D eigenvalue weighted by Gasteiger charge is -2.26. The minimum atomic E-state index is -4.65. The number of methoxy groups -OCH3 is 1. The molecule has 0 bridgehead atoms. The van der Waals surface area contributed by atoms with Crippen LogP contribution in [-0.4, -0.2) is 38.0 Å². The second-order valence-electron chi connectivity index (χ2n) is 9.81. The molecule has 1 N–H and O–H groups in total. The third-order valence-corrected chi connectivity index (χ3v) is 6.75. The van der Waals surface area contributed by atoms with Crippen LogP contribution in [0.25, 0.3) is 5.76 Å². The van der Waals surface area contributed by atoms with E-state index in [-0.39, 0.29) is 22.7 Å². The molecule has 1 heterocycles. The topological polar surface area (TPSA) is 70.1 Å². The summed E-state index contributed by atoms with van der Waals surface area (Å²) in [4.78, 5) is 29.7. The summed E-state index contributed by atoms with van der Waals surface area (Å²) >= 11 is 0. The number of nitrogens with zero attached hydrogens (tertiary/aromatic N) is 2. The molecule has 1 unspecified atom stereocenters. The molecule has 9 heteroatoms. The molecule has 1 aliphatic rings. The standard InChI is InChI=1S/C30H29F3N2O4/c1-17(2)23-15-19(11-14-24(23)39-5)27(36)25-26(18-9-12-21(13-10-18)34(3)4)35(29(38)28(25)37)22-8-6-7-20(16-22)30(31,32)33/h6-17,26,36H,1-5H3/b27-25-. The number of ether oxygens (including phenoxy) is 1. The summed E-state index contributed by atoms with van der Waals surface area (Å²) in [5.41, 5.74) is 1.08. The van der Waals surface area contributed by atoms with Crippen molar-refractivity contribution in [1.82, 2.24) is 0 Å². The van der Waals surface area contributed by atoms with Crippen LogP contribution in [0.5, 0.6) is 5.75 Å². The summed E-state index contributed by atoms with van der Waals surface area (Å²) in [6, 6.07) is 14.9. The highest BCUT2D eigenvalue weighted by molar-refractivity contribution is 6.51. The number of rotatable bonds is 6. The predicted octanol–water partition coefficient (Wildman–Crippen LogP) is 6.53. The Hall–Kier alpha value is -4.27. The first-order valence-corrected chi connectivity index (χ1v) is 12.3. The fourth-order valence-electron chi connectivity index (χ4n) is 4.69. The Morgan fingerprint density at radius 2 is 1.67 bits per heavy atom. The van der Waals surface area contributed by atoms with Crippen molar-refractivity contribution in [2.45, 2.75) is 32.0 Å². The molecule has 0 spiro atoms. The molecule has 3 aromatic rings. The fourth-order valence-corrected chi connectivity index (χ4v) is 4.69. The quantitative estimate of drug-likeness (QED) is 0.220. The Labute approximate surface area is 224 Å². The number of aliphatic hydroxyl groups is 1. The number of hydrogen-bond acceptors (Lipinski definition) is 5. The second kappa shape index (κ2) is 10.5. The van der Waals surface area contributed by atoms with Gasteiger partial charge in [-0.05, 0) is 65.6 Å². The van der Waals surface area contributed by atoms with Gasteiger partial charge in [0.25, 0.3) is 11.7 Å². The van der Waals surface area contributed by atoms with Crippen molar-refractivity contribution < 1.29 is 32.6 Å². The van der Waals surface area contributed by atoms with E-state index in [0.29, 0.717) is 11.3 Å². The van der Waals surface area contributed by atoms with Gasteiger partial charge in [0.05, 0.1) is 24.3 Å². The maximum absolute atomic E-state index is 13.5. The smallest absolute Gasteiger partial charge is 0.416 e. The number of amides is 1. The molecule has 6 nitrogen and oxygen atoms in total. The number of carbonyl (C=O) groups is 2. The first kappa shape index (κ1) is 27.8. The number of ketones is 1. The zero-order valence-electron chi connectivity index (χ0n) is 22.2. The van der Waals surface area contributed by atoms with Crippen LogP contribution in [-0.2, 0) is 15.8 Å². The SMILES string of the molecule is COc1ccc(/C(O)=C2/C(=O)C(=O)N(c3cccc(C(F)(F)F)c3)C2c2ccc(N(C)C)cc2)cc1C(C)C. The van der Waals surface area contributed by atoms with E-state index < -0.39 is 35.2 Å². The van der Waals surface area contributed by atoms with Gasteiger partial charge < -0.3 is 14.7 Å². The van der Waals surface area contributed by atoms with Crippen LogP contribution < -0.4 is 14.5 Å². The Balaban J connectivity index is 1.95. The fraction of sp³-hybridized carbons (Fsp3) is 0.267. The van der Waals surface area contributed by atoms with E-state index in [1.165, 1.54) is 19.2 Å². The molecular formula is C30H29F3N2O4. The molecule has 0 radical (unpaired) electrons. The van der Waals surface area contributed by atoms with Gasteiger partial charge in [-0.3, -0.25) is 14.5 Å². The van der Waals surface area contributed by atoms with E-state index in [9.17, 15) is 27.9 Å². The van der Waals surface area contributed by atoms with Crippen LogP contribution in [0.3, 0.4) is 0 Å². The lowest BCUT2D eigenvalue weighted by Crippen LogP contribution is -2.29. The molecule has 1 saturated heterocycles. The average Bonchev–Trinajstić information content (AvgIpc) is 3.17. The molecule has 0 aliphatic carbocycles. The zero-order valence-corrected chi connectivity index (χ0v) is 22.2. The van der Waals surface area contributed by atoms with Crippen molar-refractivity contribution >= 4 is 28.8 Å². The molecule has 1 atom stereocenters. The summed E-state index contributed by atoms with van der Waals surface area (Å²) in [5.74, 6) is -1.82. The molecule has 0 saturated carbocycles. The highest BCUT2D eigenvalue weighted by Gasteiger charge is 2.47. The van der Waals surface area contributed by atoms with Crippen molar-refractivity contribution in [2.24, 2.45) is 0 Å². The van der Waals surface area contributed by atoms with Gasteiger partial charge in [0.15, 0.2) is 0 Å². The Kier molecular flexibility index (Phi) is 7.46. The molecule has 1 aliphatic heterocycles. The monoisotopic (exact) mass is 538 g/mol. The van der Waals surface area contributed by atoms with Crippen LogP contribution in [0, 0.1) is 0 Å². The van der Waals surface area contributed by atoms with E-state index >= 15 is 0 Å². The number of carbonyl (C=O) groups excluding carboxylic acids is 2. The van der Waals surface area contributed by atoms with E-state index in [4.69, 9.17) is 4.74 Å². The third kappa shape index (κ3) is 5.21. The van der Waals surface area contributed by atoms with Gasteiger partial charge in [-0.1, -0.05) is 32.0 Å². The number of anilines is 2. The highest BCUT2D eigenvalue weighted by Crippen LogP contribution is 2.44. The van der Waals surface area contributed by atoms with Crippen molar-refractivity contribution in [3.05, 3.63) is 94.6 Å². The Bertz CT molecular complexity index is 1440. The van der Waals surface area contributed by atoms with Gasteiger partial charge in [-0.15, -0.1) is 0 Å². The van der Waals surface area contributed by atoms with Gasteiger partial charge >= 0.3 is 6.18 Å². The van der Waals surface area contributed by atoms with Crippen LogP contribution >= 0.6 is 0 Å². The molecular weight excluding hydrogens is 509 g/mol. The largest absolute Gasteiger partial charge is 0.507 e. The number of halogens is 3. The van der Waals surface area contributed by atoms with Gasteiger partial charge in [-0.25, -0.2) is 0 Å². The van der Waals surface area contributed by atoms with E-state index in [2.05, 4.69) is 0 Å². The lowest BCUT2D eigenvalue weighted by molar-refractivity contribution is -0.137. The number of alkyl halides is 3. The molecule has 1 amide bonds. The second-order valence-corrected chi connectivity index (χ2v) is 9.81. The lowest BCUT2D eigenvalue weighted by atomic mass is 9.93. The summed E-state index contributed by atoms with van der Waals surface area (Å²) in [6.07, 6.45) is -4.65. The van der Waals surface area contributed by atoms with Gasteiger partial charge in [0, 0.05) is 31.0 Å². The Morgan fingerprint density at radius 3 is 2.23 bits per heavy atom. The minimum absolute atomic E-state index is 0.0228. The molecule has 39 heavy (non-hydrogen) atoms. The predicted molar refractivity (Wildman–Crippen MR) is 144 cm³/mol. The van der Waals surface area contributed by atoms with Crippen LogP contribution in [0.15, 0.2) is 72.3 Å². The van der Waals surface area contributed by atoms with Crippen molar-refractivity contribution in [2.75, 3.05) is 31.0 Å². The number of benzene rings is 3. The number of Topliss-reactive ketones (excluding diaryl/α,β-unsaturated/α-hetero) is 1. The first-order chi connectivity index (χ1) is 18.3. The summed E-state index contributed by atoms with van der Waals surface area (Å²) < 4.78 is 46.0. The van der Waals surface area contributed by atoms with Crippen LogP contribution in [0.1, 0.15) is 48.1 Å². The first-order valence-electron chi connectivity index (χ1n) is 12.3. The zero-order chi connectivity index (χ0) is 28.6. The van der Waals surface area contributed by atoms with Gasteiger partial charge in [-0.2, -0.15) is 13.2 Å². The van der Waals surface area contributed by atoms with Crippen molar-refractivity contribution in [1.29, 1.82) is 0 Å². The van der Waals surface area contributed by atoms with E-state index in [0.717, 1.165) is 28.3 Å². The summed E-state index contributed by atoms with van der Waals surface area (Å²) in [6.45, 7) is 3.89. The van der Waals surface area contributed by atoms with Gasteiger partial charge in [0.2, 0.25) is 0 Å². The van der Waals surface area contributed by atoms with Crippen LogP contribution in [0.2, 0.25) is 0 Å². The Morgan fingerprint density at radius 1 is 1.00 bits per heavy atom. The molecule has 3 aromatic carbocycles. The maximum atomic E-state index is 13.5. The number of hydrogen-bond donors (Lipinski definition) is 1. The van der Waals surface area contributed by atoms with Crippen LogP contribution in [0.4, 0.5) is 24.5 Å². The maximum Gasteiger partial charge on any atom is 0.416 e. The van der Waals surface area contributed by atoms with Crippen molar-refractivity contribution in [3.8, 4) is 5.75 Å². The molecule has 204 valence electrons. The van der Waals surface area contributed by atoms with Crippen molar-refractivity contribution in [3.63, 3.8) is 0 Å². The minimum Gasteiger partial charge on any atom is -0.507 e. The number of aliphatic hydroxyl groups excluding tert-OH is 1. The van der Waals surface area contributed by atoms with Gasteiger partial charge in [0.1, 0.15) is 11.5 Å². The average molecular weight is 539 g/mol. The van der Waals surface area contributed by atoms with E-state index in [1.54, 1.807) is 42.5 Å². The summed E-state index contributed by atoms with van der Waals surface area (Å²) in [5, 5.41) is 11.5. The highest BCUT2D eigenvalue weighted by atomic mass is 19.4. The molecule has 0 aromatic heterocycles.